The number of thioether (sulfide) groups is 1. The first-order valence-corrected chi connectivity index (χ1v) is 10.6. The van der Waals surface area contributed by atoms with Gasteiger partial charge in [-0.15, -0.1) is 11.8 Å². The Labute approximate surface area is 169 Å². The van der Waals surface area contributed by atoms with Crippen molar-refractivity contribution in [2.45, 2.75) is 42.4 Å². The molecule has 2 amide bonds. The van der Waals surface area contributed by atoms with E-state index in [1.165, 1.54) is 31.0 Å². The summed E-state index contributed by atoms with van der Waals surface area (Å²) >= 11 is 1.44. The molecule has 0 bridgehead atoms. The molecular formula is C21H24N4O2S. The molecule has 0 radical (unpaired) electrons. The van der Waals surface area contributed by atoms with E-state index in [2.05, 4.69) is 20.5 Å². The summed E-state index contributed by atoms with van der Waals surface area (Å²) < 4.78 is 0. The van der Waals surface area contributed by atoms with Crippen LogP contribution in [-0.2, 0) is 16.1 Å². The first kappa shape index (κ1) is 18.8. The van der Waals surface area contributed by atoms with Gasteiger partial charge in [-0.25, -0.2) is 4.98 Å². The normalized spacial score (nSPS) is 18.9. The third-order valence-corrected chi connectivity index (χ3v) is 6.33. The maximum Gasteiger partial charge on any atom is 0.238 e. The SMILES string of the molecule is O=C(CC1Sc2ccccc2NC1=O)NCc1ccc(N2CCCCC2)nc1. The molecule has 6 nitrogen and oxygen atoms in total. The maximum atomic E-state index is 12.3. The van der Waals surface area contributed by atoms with Crippen molar-refractivity contribution < 1.29 is 9.59 Å². The molecule has 1 fully saturated rings. The molecule has 1 unspecified atom stereocenters. The van der Waals surface area contributed by atoms with Crippen LogP contribution in [0.3, 0.4) is 0 Å². The standard InChI is InChI=1S/C21H24N4O2S/c26-20(12-18-21(27)24-16-6-2-3-7-17(16)28-18)23-14-15-8-9-19(22-13-15)25-10-4-1-5-11-25/h2-3,6-9,13,18H,1,4-5,10-12,14H2,(H,23,26)(H,24,27). The highest BCUT2D eigenvalue weighted by Crippen LogP contribution is 2.36. The smallest absolute Gasteiger partial charge is 0.238 e. The average molecular weight is 397 g/mol. The summed E-state index contributed by atoms with van der Waals surface area (Å²) in [5.74, 6) is 0.752. The molecule has 1 atom stereocenters. The van der Waals surface area contributed by atoms with Gasteiger partial charge in [-0.3, -0.25) is 9.59 Å². The number of carbonyl (C=O) groups excluding carboxylic acids is 2. The van der Waals surface area contributed by atoms with Gasteiger partial charge in [0.2, 0.25) is 11.8 Å². The third kappa shape index (κ3) is 4.47. The molecule has 4 rings (SSSR count). The van der Waals surface area contributed by atoms with Crippen molar-refractivity contribution in [3.8, 4) is 0 Å². The maximum absolute atomic E-state index is 12.3. The monoisotopic (exact) mass is 396 g/mol. The van der Waals surface area contributed by atoms with Gasteiger partial charge >= 0.3 is 0 Å². The highest BCUT2D eigenvalue weighted by Gasteiger charge is 2.28. The average Bonchev–Trinajstić information content (AvgIpc) is 2.74. The van der Waals surface area contributed by atoms with Gasteiger partial charge in [-0.05, 0) is 43.0 Å². The van der Waals surface area contributed by atoms with Crippen LogP contribution in [0.2, 0.25) is 0 Å². The van der Waals surface area contributed by atoms with Crippen LogP contribution >= 0.6 is 11.8 Å². The third-order valence-electron chi connectivity index (χ3n) is 5.06. The van der Waals surface area contributed by atoms with Crippen LogP contribution in [0.5, 0.6) is 0 Å². The Bertz CT molecular complexity index is 850. The molecule has 0 spiro atoms. The number of anilines is 2. The highest BCUT2D eigenvalue weighted by molar-refractivity contribution is 8.01. The van der Waals surface area contributed by atoms with Crippen molar-refractivity contribution >= 4 is 35.1 Å². The van der Waals surface area contributed by atoms with Gasteiger partial charge in [0.05, 0.1) is 10.9 Å². The van der Waals surface area contributed by atoms with E-state index in [1.54, 1.807) is 0 Å². The number of para-hydroxylation sites is 1. The lowest BCUT2D eigenvalue weighted by molar-refractivity contribution is -0.124. The number of aromatic nitrogens is 1. The fourth-order valence-electron chi connectivity index (χ4n) is 3.50. The molecule has 1 saturated heterocycles. The summed E-state index contributed by atoms with van der Waals surface area (Å²) in [5, 5.41) is 5.37. The van der Waals surface area contributed by atoms with E-state index in [-0.39, 0.29) is 18.2 Å². The number of pyridine rings is 1. The number of carbonyl (C=O) groups is 2. The van der Waals surface area contributed by atoms with Crippen molar-refractivity contribution in [3.05, 3.63) is 48.2 Å². The largest absolute Gasteiger partial charge is 0.357 e. The van der Waals surface area contributed by atoms with Crippen molar-refractivity contribution in [1.29, 1.82) is 0 Å². The zero-order valence-corrected chi connectivity index (χ0v) is 16.5. The number of nitrogens with one attached hydrogen (secondary N) is 2. The lowest BCUT2D eigenvalue weighted by atomic mass is 10.1. The van der Waals surface area contributed by atoms with Gasteiger partial charge in [0.15, 0.2) is 0 Å². The lowest BCUT2D eigenvalue weighted by Crippen LogP contribution is -2.34. The predicted octanol–water partition coefficient (Wildman–Crippen LogP) is 3.19. The predicted molar refractivity (Wildman–Crippen MR) is 111 cm³/mol. The molecule has 2 aromatic rings. The van der Waals surface area contributed by atoms with Crippen LogP contribution in [0.25, 0.3) is 0 Å². The van der Waals surface area contributed by atoms with Gasteiger partial charge in [0.25, 0.3) is 0 Å². The molecule has 2 aliphatic rings. The van der Waals surface area contributed by atoms with Crippen LogP contribution in [0.1, 0.15) is 31.2 Å². The molecule has 2 aliphatic heterocycles. The molecule has 0 aliphatic carbocycles. The van der Waals surface area contributed by atoms with Crippen molar-refractivity contribution in [3.63, 3.8) is 0 Å². The summed E-state index contributed by atoms with van der Waals surface area (Å²) in [7, 11) is 0. The van der Waals surface area contributed by atoms with Crippen molar-refractivity contribution in [2.75, 3.05) is 23.3 Å². The van der Waals surface area contributed by atoms with Gasteiger partial charge in [0, 0.05) is 37.1 Å². The summed E-state index contributed by atoms with van der Waals surface area (Å²) in [6.07, 6.45) is 5.71. The Morgan fingerprint density at radius 2 is 2.00 bits per heavy atom. The molecule has 1 aromatic heterocycles. The van der Waals surface area contributed by atoms with Gasteiger partial charge in [0.1, 0.15) is 5.82 Å². The van der Waals surface area contributed by atoms with Crippen LogP contribution in [0.15, 0.2) is 47.5 Å². The topological polar surface area (TPSA) is 74.3 Å². The quantitative estimate of drug-likeness (QED) is 0.812. The van der Waals surface area contributed by atoms with Crippen LogP contribution in [0, 0.1) is 0 Å². The molecule has 3 heterocycles. The molecule has 146 valence electrons. The van der Waals surface area contributed by atoms with E-state index in [0.29, 0.717) is 6.54 Å². The number of rotatable bonds is 5. The fourth-order valence-corrected chi connectivity index (χ4v) is 4.61. The summed E-state index contributed by atoms with van der Waals surface area (Å²) in [5.41, 5.74) is 1.77. The number of piperidine rings is 1. The van der Waals surface area contributed by atoms with Gasteiger partial charge in [-0.2, -0.15) is 0 Å². The second-order valence-electron chi connectivity index (χ2n) is 7.15. The van der Waals surface area contributed by atoms with Gasteiger partial charge in [-0.1, -0.05) is 18.2 Å². The van der Waals surface area contributed by atoms with E-state index in [0.717, 1.165) is 35.1 Å². The first-order chi connectivity index (χ1) is 13.7. The number of fused-ring (bicyclic) bond motifs is 1. The van der Waals surface area contributed by atoms with Crippen LogP contribution < -0.4 is 15.5 Å². The van der Waals surface area contributed by atoms with Gasteiger partial charge < -0.3 is 15.5 Å². The molecular weight excluding hydrogens is 372 g/mol. The summed E-state index contributed by atoms with van der Waals surface area (Å²) in [4.78, 5) is 32.4. The Balaban J connectivity index is 1.28. The summed E-state index contributed by atoms with van der Waals surface area (Å²) in [6.45, 7) is 2.54. The Kier molecular flexibility index (Phi) is 5.81. The summed E-state index contributed by atoms with van der Waals surface area (Å²) in [6, 6.07) is 11.7. The second-order valence-corrected chi connectivity index (χ2v) is 8.39. The Morgan fingerprint density at radius 3 is 2.79 bits per heavy atom. The number of benzene rings is 1. The van der Waals surface area contributed by atoms with E-state index in [1.807, 2.05) is 42.6 Å². The molecule has 2 N–H and O–H groups in total. The number of nitrogens with zero attached hydrogens (tertiary/aromatic N) is 2. The molecule has 0 saturated carbocycles. The zero-order valence-electron chi connectivity index (χ0n) is 15.7. The lowest BCUT2D eigenvalue weighted by Gasteiger charge is -2.27. The van der Waals surface area contributed by atoms with E-state index >= 15 is 0 Å². The van der Waals surface area contributed by atoms with E-state index in [4.69, 9.17) is 0 Å². The zero-order chi connectivity index (χ0) is 19.3. The fraction of sp³-hybridized carbons (Fsp3) is 0.381. The number of hydrogen-bond donors (Lipinski definition) is 2. The van der Waals surface area contributed by atoms with Crippen LogP contribution in [0.4, 0.5) is 11.5 Å². The minimum Gasteiger partial charge on any atom is -0.357 e. The Hall–Kier alpha value is -2.54. The van der Waals surface area contributed by atoms with Crippen molar-refractivity contribution in [2.24, 2.45) is 0 Å². The van der Waals surface area contributed by atoms with Crippen LogP contribution in [-0.4, -0.2) is 35.1 Å². The Morgan fingerprint density at radius 1 is 1.18 bits per heavy atom. The number of amides is 2. The minimum atomic E-state index is -0.408. The second kappa shape index (κ2) is 8.65. The van der Waals surface area contributed by atoms with Crippen molar-refractivity contribution in [1.82, 2.24) is 10.3 Å². The molecule has 7 heteroatoms. The van der Waals surface area contributed by atoms with E-state index in [9.17, 15) is 9.59 Å². The highest BCUT2D eigenvalue weighted by atomic mass is 32.2. The first-order valence-electron chi connectivity index (χ1n) is 9.72. The minimum absolute atomic E-state index is 0.119. The molecule has 1 aromatic carbocycles. The van der Waals surface area contributed by atoms with E-state index < -0.39 is 5.25 Å². The number of hydrogen-bond acceptors (Lipinski definition) is 5. The molecule has 28 heavy (non-hydrogen) atoms.